The number of nitrogens with one attached hydrogen (secondary N) is 1. The van der Waals surface area contributed by atoms with Gasteiger partial charge in [-0.25, -0.2) is 8.42 Å². The first-order chi connectivity index (χ1) is 19.5. The van der Waals surface area contributed by atoms with Crippen molar-refractivity contribution in [2.75, 3.05) is 10.8 Å². The zero-order chi connectivity index (χ0) is 29.7. The lowest BCUT2D eigenvalue weighted by Gasteiger charge is -2.32. The van der Waals surface area contributed by atoms with Gasteiger partial charge in [0.15, 0.2) is 0 Å². The van der Waals surface area contributed by atoms with Gasteiger partial charge in [0.25, 0.3) is 10.0 Å². The average Bonchev–Trinajstić information content (AvgIpc) is 3.44. The third kappa shape index (κ3) is 7.87. The molecule has 0 aromatic heterocycles. The number of amides is 2. The molecule has 41 heavy (non-hydrogen) atoms. The Morgan fingerprint density at radius 1 is 0.902 bits per heavy atom. The highest BCUT2D eigenvalue weighted by atomic mass is 35.5. The van der Waals surface area contributed by atoms with Gasteiger partial charge in [0.1, 0.15) is 12.6 Å². The molecule has 12 heteroatoms. The van der Waals surface area contributed by atoms with Crippen molar-refractivity contribution in [3.8, 4) is 0 Å². The van der Waals surface area contributed by atoms with Crippen LogP contribution < -0.4 is 9.62 Å². The number of carbonyl (C=O) groups is 2. The first-order valence-electron chi connectivity index (χ1n) is 13.0. The van der Waals surface area contributed by atoms with Crippen LogP contribution in [0.2, 0.25) is 20.1 Å². The summed E-state index contributed by atoms with van der Waals surface area (Å²) < 4.78 is 28.7. The fourth-order valence-electron chi connectivity index (χ4n) is 4.70. The van der Waals surface area contributed by atoms with Crippen molar-refractivity contribution >= 4 is 73.9 Å². The van der Waals surface area contributed by atoms with Crippen LogP contribution >= 0.6 is 46.4 Å². The van der Waals surface area contributed by atoms with E-state index in [1.54, 1.807) is 43.3 Å². The van der Waals surface area contributed by atoms with Gasteiger partial charge in [0.05, 0.1) is 10.6 Å². The number of carbonyl (C=O) groups excluding carboxylic acids is 2. The molecular weight excluding hydrogens is 628 g/mol. The van der Waals surface area contributed by atoms with E-state index in [1.807, 2.05) is 0 Å². The monoisotopic (exact) mass is 655 g/mol. The fraction of sp³-hybridized carbons (Fsp3) is 0.310. The van der Waals surface area contributed by atoms with Crippen LogP contribution in [0, 0.1) is 0 Å². The van der Waals surface area contributed by atoms with Gasteiger partial charge >= 0.3 is 0 Å². The minimum Gasteiger partial charge on any atom is -0.352 e. The van der Waals surface area contributed by atoms with Crippen molar-refractivity contribution in [1.82, 2.24) is 10.2 Å². The SMILES string of the molecule is C[C@@H](C(=O)NC1CCCC1)N(Cc1ccc(Cl)cc1Cl)C(=O)CN(c1cccc(Cl)c1)S(=O)(=O)c1ccc(Cl)cc1. The van der Waals surface area contributed by atoms with Gasteiger partial charge in [-0.15, -0.1) is 0 Å². The van der Waals surface area contributed by atoms with E-state index < -0.39 is 28.5 Å². The average molecular weight is 657 g/mol. The molecule has 0 heterocycles. The molecule has 1 saturated carbocycles. The van der Waals surface area contributed by atoms with Crippen molar-refractivity contribution in [3.63, 3.8) is 0 Å². The lowest BCUT2D eigenvalue weighted by atomic mass is 10.1. The number of anilines is 1. The second-order valence-corrected chi connectivity index (χ2v) is 13.4. The van der Waals surface area contributed by atoms with Gasteiger partial charge in [-0.05, 0) is 79.9 Å². The smallest absolute Gasteiger partial charge is 0.264 e. The Hall–Kier alpha value is -2.49. The molecule has 4 rings (SSSR count). The number of halogens is 4. The summed E-state index contributed by atoms with van der Waals surface area (Å²) in [5.41, 5.74) is 0.744. The molecule has 218 valence electrons. The van der Waals surface area contributed by atoms with E-state index in [0.29, 0.717) is 25.7 Å². The third-order valence-electron chi connectivity index (χ3n) is 7.00. The van der Waals surface area contributed by atoms with Gasteiger partial charge in [0, 0.05) is 32.7 Å². The van der Waals surface area contributed by atoms with E-state index in [1.165, 1.54) is 35.2 Å². The molecule has 1 aliphatic rings. The first kappa shape index (κ1) is 31.4. The number of nitrogens with zero attached hydrogens (tertiary/aromatic N) is 2. The second-order valence-electron chi connectivity index (χ2n) is 9.87. The summed E-state index contributed by atoms with van der Waals surface area (Å²) in [5.74, 6) is -0.937. The van der Waals surface area contributed by atoms with Gasteiger partial charge in [-0.1, -0.05) is 71.4 Å². The molecule has 1 aliphatic carbocycles. The van der Waals surface area contributed by atoms with Crippen molar-refractivity contribution < 1.29 is 18.0 Å². The first-order valence-corrected chi connectivity index (χ1v) is 16.0. The van der Waals surface area contributed by atoms with E-state index in [2.05, 4.69) is 5.32 Å². The molecule has 0 unspecified atom stereocenters. The molecule has 1 fully saturated rings. The van der Waals surface area contributed by atoms with Crippen LogP contribution in [0.4, 0.5) is 5.69 Å². The molecule has 3 aromatic carbocycles. The number of rotatable bonds is 10. The van der Waals surface area contributed by atoms with E-state index in [4.69, 9.17) is 46.4 Å². The highest BCUT2D eigenvalue weighted by Crippen LogP contribution is 2.29. The molecule has 0 bridgehead atoms. The Morgan fingerprint density at radius 3 is 2.17 bits per heavy atom. The topological polar surface area (TPSA) is 86.8 Å². The van der Waals surface area contributed by atoms with Gasteiger partial charge in [-0.2, -0.15) is 0 Å². The third-order valence-corrected chi connectivity index (χ3v) is 9.86. The van der Waals surface area contributed by atoms with Crippen LogP contribution in [-0.2, 0) is 26.2 Å². The van der Waals surface area contributed by atoms with Gasteiger partial charge in [-0.3, -0.25) is 13.9 Å². The van der Waals surface area contributed by atoms with E-state index >= 15 is 0 Å². The van der Waals surface area contributed by atoms with Crippen LogP contribution in [0.3, 0.4) is 0 Å². The molecular formula is C29H29Cl4N3O4S. The van der Waals surface area contributed by atoms with E-state index in [-0.39, 0.29) is 29.1 Å². The van der Waals surface area contributed by atoms with E-state index in [9.17, 15) is 18.0 Å². The zero-order valence-electron chi connectivity index (χ0n) is 22.2. The lowest BCUT2D eigenvalue weighted by molar-refractivity contribution is -0.139. The van der Waals surface area contributed by atoms with Crippen molar-refractivity contribution in [1.29, 1.82) is 0 Å². The molecule has 1 N–H and O–H groups in total. The second kappa shape index (κ2) is 13.7. The Balaban J connectivity index is 1.70. The number of hydrogen-bond donors (Lipinski definition) is 1. The van der Waals surface area contributed by atoms with E-state index in [0.717, 1.165) is 30.0 Å². The predicted molar refractivity (Wildman–Crippen MR) is 164 cm³/mol. The summed E-state index contributed by atoms with van der Waals surface area (Å²) in [5, 5.41) is 4.42. The van der Waals surface area contributed by atoms with Crippen molar-refractivity contribution in [3.05, 3.63) is 92.4 Å². The number of benzene rings is 3. The van der Waals surface area contributed by atoms with Gasteiger partial charge < -0.3 is 10.2 Å². The summed E-state index contributed by atoms with van der Waals surface area (Å²) in [7, 11) is -4.24. The zero-order valence-corrected chi connectivity index (χ0v) is 26.0. The highest BCUT2D eigenvalue weighted by Gasteiger charge is 2.33. The minimum absolute atomic E-state index is 0.0364. The summed E-state index contributed by atoms with van der Waals surface area (Å²) in [6.45, 7) is 0.972. The maximum absolute atomic E-state index is 14.0. The Kier molecular flexibility index (Phi) is 10.5. The molecule has 7 nitrogen and oxygen atoms in total. The molecule has 0 saturated heterocycles. The maximum atomic E-state index is 14.0. The summed E-state index contributed by atoms with van der Waals surface area (Å²) in [6.07, 6.45) is 3.80. The van der Waals surface area contributed by atoms with Crippen molar-refractivity contribution in [2.45, 2.75) is 56.1 Å². The van der Waals surface area contributed by atoms with Crippen LogP contribution in [0.1, 0.15) is 38.2 Å². The molecule has 0 spiro atoms. The minimum atomic E-state index is -4.24. The van der Waals surface area contributed by atoms with Crippen LogP contribution in [0.25, 0.3) is 0 Å². The number of sulfonamides is 1. The maximum Gasteiger partial charge on any atom is 0.264 e. The molecule has 0 radical (unpaired) electrons. The molecule has 0 aliphatic heterocycles. The summed E-state index contributed by atoms with van der Waals surface area (Å²) >= 11 is 24.7. The largest absolute Gasteiger partial charge is 0.352 e. The lowest BCUT2D eigenvalue weighted by Crippen LogP contribution is -2.52. The number of hydrogen-bond acceptors (Lipinski definition) is 4. The summed E-state index contributed by atoms with van der Waals surface area (Å²) in [6, 6.07) is 15.8. The van der Waals surface area contributed by atoms with Crippen molar-refractivity contribution in [2.24, 2.45) is 0 Å². The Bertz CT molecular complexity index is 1510. The normalized spacial score (nSPS) is 14.5. The quantitative estimate of drug-likeness (QED) is 0.255. The summed E-state index contributed by atoms with van der Waals surface area (Å²) in [4.78, 5) is 28.6. The fourth-order valence-corrected chi connectivity index (χ4v) is 6.89. The van der Waals surface area contributed by atoms with Crippen LogP contribution in [0.15, 0.2) is 71.6 Å². The van der Waals surface area contributed by atoms with Gasteiger partial charge in [0.2, 0.25) is 11.8 Å². The molecule has 2 amide bonds. The molecule has 3 aromatic rings. The Labute approximate surface area is 260 Å². The highest BCUT2D eigenvalue weighted by molar-refractivity contribution is 7.92. The predicted octanol–water partition coefficient (Wildman–Crippen LogP) is 6.97. The van der Waals surface area contributed by atoms with Crippen LogP contribution in [-0.4, -0.2) is 43.8 Å². The van der Waals surface area contributed by atoms with Crippen LogP contribution in [0.5, 0.6) is 0 Å². The standard InChI is InChI=1S/C29H29Cl4N3O4S/c1-19(29(38)34-24-6-2-3-7-24)35(17-20-9-10-23(32)16-27(20)33)28(37)18-36(25-8-4-5-22(31)15-25)41(39,40)26-13-11-21(30)12-14-26/h4-5,8-16,19,24H,2-3,6-7,17-18H2,1H3,(H,34,38)/t19-/m0/s1. The molecule has 1 atom stereocenters. The Morgan fingerprint density at radius 2 is 1.54 bits per heavy atom.